The van der Waals surface area contributed by atoms with Crippen molar-refractivity contribution in [3.63, 3.8) is 0 Å². The molecule has 1 aliphatic rings. The quantitative estimate of drug-likeness (QED) is 0.347. The molecule has 0 radical (unpaired) electrons. The number of halogens is 1. The molecule has 1 atom stereocenters. The maximum atomic E-state index is 10.3. The van der Waals surface area contributed by atoms with Crippen LogP contribution in [0.2, 0.25) is 0 Å². The zero-order valence-corrected chi connectivity index (χ0v) is 19.9. The van der Waals surface area contributed by atoms with Gasteiger partial charge in [-0.15, -0.1) is 0 Å². The minimum atomic E-state index is -0.0555. The zero-order valence-electron chi connectivity index (χ0n) is 18.3. The Morgan fingerprint density at radius 1 is 1.15 bits per heavy atom. The SMILES string of the molecule is C=C(COc1ccccc1)C1=CCOC1CC/C(=C/c1cc(Br)ccc1O)c1ccccn1. The fourth-order valence-electron chi connectivity index (χ4n) is 3.80. The Morgan fingerprint density at radius 2 is 1.97 bits per heavy atom. The predicted molar refractivity (Wildman–Crippen MR) is 136 cm³/mol. The minimum absolute atomic E-state index is 0.0555. The Labute approximate surface area is 203 Å². The molecular formula is C28H26BrNO3. The molecule has 1 unspecified atom stereocenters. The van der Waals surface area contributed by atoms with Crippen molar-refractivity contribution in [1.29, 1.82) is 0 Å². The van der Waals surface area contributed by atoms with Crippen molar-refractivity contribution in [3.8, 4) is 11.5 Å². The first-order valence-corrected chi connectivity index (χ1v) is 11.7. The summed E-state index contributed by atoms with van der Waals surface area (Å²) in [5, 5.41) is 10.3. The van der Waals surface area contributed by atoms with E-state index in [2.05, 4.69) is 33.6 Å². The summed E-state index contributed by atoms with van der Waals surface area (Å²) >= 11 is 3.49. The fraction of sp³-hybridized carbons (Fsp3) is 0.179. The second kappa shape index (κ2) is 11.1. The topological polar surface area (TPSA) is 51.6 Å². The Hall–Kier alpha value is -3.15. The summed E-state index contributed by atoms with van der Waals surface area (Å²) in [6.45, 7) is 5.23. The lowest BCUT2D eigenvalue weighted by atomic mass is 9.95. The average Bonchev–Trinajstić information content (AvgIpc) is 3.32. The van der Waals surface area contributed by atoms with E-state index in [0.717, 1.165) is 51.0 Å². The van der Waals surface area contributed by atoms with E-state index in [1.807, 2.05) is 66.7 Å². The molecule has 2 aromatic carbocycles. The standard InChI is InChI=1S/C28H26BrNO3/c1-20(19-33-24-7-3-2-4-8-24)25-14-16-32-28(25)13-10-21(26-9-5-6-15-30-26)17-22-18-23(29)11-12-27(22)31/h2-9,11-12,14-15,17-18,28,31H,1,10,13,16,19H2/b21-17-. The molecule has 0 aliphatic carbocycles. The summed E-state index contributed by atoms with van der Waals surface area (Å²) in [4.78, 5) is 4.54. The van der Waals surface area contributed by atoms with Crippen LogP contribution >= 0.6 is 15.9 Å². The highest BCUT2D eigenvalue weighted by Crippen LogP contribution is 2.32. The summed E-state index contributed by atoms with van der Waals surface area (Å²) in [7, 11) is 0. The van der Waals surface area contributed by atoms with E-state index in [-0.39, 0.29) is 11.9 Å². The highest BCUT2D eigenvalue weighted by Gasteiger charge is 2.23. The molecule has 0 amide bonds. The second-order valence-corrected chi connectivity index (χ2v) is 8.73. The third-order valence-electron chi connectivity index (χ3n) is 5.50. The lowest BCUT2D eigenvalue weighted by molar-refractivity contribution is 0.117. The monoisotopic (exact) mass is 503 g/mol. The van der Waals surface area contributed by atoms with Gasteiger partial charge in [0, 0.05) is 16.2 Å². The molecule has 4 rings (SSSR count). The lowest BCUT2D eigenvalue weighted by Crippen LogP contribution is -2.15. The Balaban J connectivity index is 1.47. The van der Waals surface area contributed by atoms with Crippen LogP contribution in [-0.2, 0) is 4.74 Å². The summed E-state index contributed by atoms with van der Waals surface area (Å²) in [6.07, 6.45) is 7.31. The number of benzene rings is 2. The van der Waals surface area contributed by atoms with Crippen LogP contribution in [0.5, 0.6) is 11.5 Å². The van der Waals surface area contributed by atoms with Crippen molar-refractivity contribution in [2.45, 2.75) is 18.9 Å². The number of hydrogen-bond acceptors (Lipinski definition) is 4. The van der Waals surface area contributed by atoms with Gasteiger partial charge >= 0.3 is 0 Å². The molecule has 4 nitrogen and oxygen atoms in total. The number of rotatable bonds is 9. The van der Waals surface area contributed by atoms with Crippen LogP contribution < -0.4 is 4.74 Å². The molecule has 1 N–H and O–H groups in total. The van der Waals surface area contributed by atoms with Crippen LogP contribution in [0, 0.1) is 0 Å². The molecule has 0 saturated heterocycles. The third kappa shape index (κ3) is 6.21. The van der Waals surface area contributed by atoms with Crippen molar-refractivity contribution in [3.05, 3.63) is 112 Å². The largest absolute Gasteiger partial charge is 0.507 e. The van der Waals surface area contributed by atoms with E-state index >= 15 is 0 Å². The highest BCUT2D eigenvalue weighted by atomic mass is 79.9. The van der Waals surface area contributed by atoms with Crippen LogP contribution in [0.25, 0.3) is 11.6 Å². The van der Waals surface area contributed by atoms with Gasteiger partial charge < -0.3 is 14.6 Å². The highest BCUT2D eigenvalue weighted by molar-refractivity contribution is 9.10. The number of aromatic nitrogens is 1. The molecular weight excluding hydrogens is 478 g/mol. The number of phenols is 1. The lowest BCUT2D eigenvalue weighted by Gasteiger charge is -2.18. The van der Waals surface area contributed by atoms with Crippen molar-refractivity contribution < 1.29 is 14.6 Å². The van der Waals surface area contributed by atoms with Crippen molar-refractivity contribution in [2.24, 2.45) is 0 Å². The predicted octanol–water partition coefficient (Wildman–Crippen LogP) is 6.83. The van der Waals surface area contributed by atoms with E-state index in [4.69, 9.17) is 9.47 Å². The van der Waals surface area contributed by atoms with Crippen LogP contribution in [0.15, 0.2) is 101 Å². The van der Waals surface area contributed by atoms with E-state index in [1.54, 1.807) is 12.3 Å². The van der Waals surface area contributed by atoms with Crippen molar-refractivity contribution in [2.75, 3.05) is 13.2 Å². The van der Waals surface area contributed by atoms with E-state index in [9.17, 15) is 5.11 Å². The normalized spacial score (nSPS) is 15.8. The summed E-state index contributed by atoms with van der Waals surface area (Å²) in [5.41, 5.74) is 4.68. The molecule has 1 aromatic heterocycles. The number of phenolic OH excluding ortho intramolecular Hbond substituents is 1. The number of hydrogen-bond donors (Lipinski definition) is 1. The molecule has 2 heterocycles. The number of aromatic hydroxyl groups is 1. The first kappa shape index (κ1) is 23.0. The van der Waals surface area contributed by atoms with Gasteiger partial charge in [-0.05, 0) is 78.1 Å². The number of allylic oxidation sites excluding steroid dienone is 1. The summed E-state index contributed by atoms with van der Waals surface area (Å²) in [5.74, 6) is 1.06. The van der Waals surface area contributed by atoms with Gasteiger partial charge in [0.2, 0.25) is 0 Å². The van der Waals surface area contributed by atoms with Crippen LogP contribution in [-0.4, -0.2) is 29.4 Å². The average molecular weight is 504 g/mol. The molecule has 5 heteroatoms. The number of nitrogens with zero attached hydrogens (tertiary/aromatic N) is 1. The number of para-hydroxylation sites is 1. The van der Waals surface area contributed by atoms with E-state index < -0.39 is 0 Å². The van der Waals surface area contributed by atoms with Crippen LogP contribution in [0.1, 0.15) is 24.1 Å². The number of pyridine rings is 1. The minimum Gasteiger partial charge on any atom is -0.507 e. The van der Waals surface area contributed by atoms with Gasteiger partial charge in [-0.1, -0.05) is 52.9 Å². The molecule has 0 bridgehead atoms. The molecule has 3 aromatic rings. The maximum absolute atomic E-state index is 10.3. The first-order chi connectivity index (χ1) is 16.1. The molecule has 0 fully saturated rings. The van der Waals surface area contributed by atoms with Gasteiger partial charge in [0.05, 0.1) is 18.4 Å². The van der Waals surface area contributed by atoms with Gasteiger partial charge in [0.1, 0.15) is 18.1 Å². The summed E-state index contributed by atoms with van der Waals surface area (Å²) in [6, 6.07) is 21.0. The van der Waals surface area contributed by atoms with E-state index in [0.29, 0.717) is 13.2 Å². The Morgan fingerprint density at radius 3 is 2.76 bits per heavy atom. The smallest absolute Gasteiger partial charge is 0.122 e. The van der Waals surface area contributed by atoms with Gasteiger partial charge in [0.25, 0.3) is 0 Å². The van der Waals surface area contributed by atoms with Crippen molar-refractivity contribution >= 4 is 27.6 Å². The Bertz CT molecular complexity index is 1160. The molecule has 1 aliphatic heterocycles. The molecule has 168 valence electrons. The Kier molecular flexibility index (Phi) is 7.76. The zero-order chi connectivity index (χ0) is 23.0. The number of ether oxygens (including phenoxy) is 2. The molecule has 0 spiro atoms. The molecule has 0 saturated carbocycles. The summed E-state index contributed by atoms with van der Waals surface area (Å²) < 4.78 is 12.8. The maximum Gasteiger partial charge on any atom is 0.122 e. The third-order valence-corrected chi connectivity index (χ3v) is 5.99. The van der Waals surface area contributed by atoms with Gasteiger partial charge in [-0.25, -0.2) is 0 Å². The van der Waals surface area contributed by atoms with Gasteiger partial charge in [-0.3, -0.25) is 4.98 Å². The van der Waals surface area contributed by atoms with Crippen molar-refractivity contribution in [1.82, 2.24) is 4.98 Å². The fourth-order valence-corrected chi connectivity index (χ4v) is 4.18. The van der Waals surface area contributed by atoms with Gasteiger partial charge in [0.15, 0.2) is 0 Å². The van der Waals surface area contributed by atoms with E-state index in [1.165, 1.54) is 0 Å². The first-order valence-electron chi connectivity index (χ1n) is 10.9. The van der Waals surface area contributed by atoms with Gasteiger partial charge in [-0.2, -0.15) is 0 Å². The van der Waals surface area contributed by atoms with Crippen LogP contribution in [0.3, 0.4) is 0 Å². The van der Waals surface area contributed by atoms with Crippen LogP contribution in [0.4, 0.5) is 0 Å². The molecule has 33 heavy (non-hydrogen) atoms. The second-order valence-electron chi connectivity index (χ2n) is 7.81.